The average Bonchev–Trinajstić information content (AvgIpc) is 1.67. The zero-order valence-electron chi connectivity index (χ0n) is 57.8. The van der Waals surface area contributed by atoms with Crippen LogP contribution in [0.2, 0.25) is 0 Å². The van der Waals surface area contributed by atoms with Crippen molar-refractivity contribution in [2.45, 2.75) is 211 Å². The number of ether oxygens (including phenoxy) is 12. The number of carbonyl (C=O) groups excluding carboxylic acids is 1. The molecule has 1 saturated carbocycles. The maximum atomic E-state index is 13.3. The number of rotatable bonds is 36. The normalized spacial score (nSPS) is 25.3. The molecule has 12 rings (SSSR count). The zero-order valence-corrected chi connectivity index (χ0v) is 57.8. The van der Waals surface area contributed by atoms with E-state index in [1.807, 2.05) is 146 Å². The minimum Gasteiger partial charge on any atom is -0.482 e. The fraction of sp³-hybridized carbons (Fsp3) is 0.430. The molecule has 13 heteroatoms. The van der Waals surface area contributed by atoms with Gasteiger partial charge in [0.1, 0.15) is 49.0 Å². The summed E-state index contributed by atoms with van der Waals surface area (Å²) in [7, 11) is 0. The summed E-state index contributed by atoms with van der Waals surface area (Å²) in [4.78, 5) is 13.3. The van der Waals surface area contributed by atoms with Crippen molar-refractivity contribution in [3.8, 4) is 5.75 Å². The van der Waals surface area contributed by atoms with E-state index in [1.54, 1.807) is 0 Å². The number of esters is 1. The lowest BCUT2D eigenvalue weighted by atomic mass is 9.73. The van der Waals surface area contributed by atoms with Gasteiger partial charge in [0.15, 0.2) is 19.2 Å². The summed E-state index contributed by atoms with van der Waals surface area (Å²) in [6, 6.07) is 77.8. The van der Waals surface area contributed by atoms with Gasteiger partial charge in [-0.1, -0.05) is 264 Å². The summed E-state index contributed by atoms with van der Waals surface area (Å²) in [5.41, 5.74) is 9.56. The van der Waals surface area contributed by atoms with Crippen LogP contribution in [0.4, 0.5) is 0 Å². The Bertz CT molecular complexity index is 3590. The first-order valence-corrected chi connectivity index (χ1v) is 36.3. The molecule has 2 aliphatic carbocycles. The van der Waals surface area contributed by atoms with Crippen molar-refractivity contribution in [1.29, 1.82) is 0 Å². The van der Waals surface area contributed by atoms with E-state index in [9.17, 15) is 4.79 Å². The van der Waals surface area contributed by atoms with Crippen molar-refractivity contribution in [2.75, 3.05) is 6.61 Å². The second-order valence-corrected chi connectivity index (χ2v) is 27.0. The van der Waals surface area contributed by atoms with Crippen LogP contribution in [0.25, 0.3) is 0 Å². The first-order chi connectivity index (χ1) is 48.9. The SMILES string of the molecule is CCCCC[C@H](CC[C@H]1[C@@H]2Cc3cccc(OCC(=O)OCc4ccccc4)c3C[C@@H]2C[C@@H]1OC1O[C@H](CC)[C@@H](OCc2ccccc2)[C@H](OCc2ccccc2)[C@H]1OCc1ccccc1)OC1O[C@H](CC)[C@@H](OCc2ccccc2)[C@H](OCc2ccccc2)[C@H]1OCc1ccccc1. The molecule has 8 aromatic rings. The maximum absolute atomic E-state index is 13.3. The predicted octanol–water partition coefficient (Wildman–Crippen LogP) is 17.1. The first-order valence-electron chi connectivity index (χ1n) is 36.3. The summed E-state index contributed by atoms with van der Waals surface area (Å²) in [6.45, 7) is 8.64. The molecule has 2 saturated heterocycles. The Morgan fingerprint density at radius 3 is 1.29 bits per heavy atom. The molecule has 2 unspecified atom stereocenters. The van der Waals surface area contributed by atoms with Gasteiger partial charge in [0.2, 0.25) is 0 Å². The molecule has 0 bridgehead atoms. The highest BCUT2D eigenvalue weighted by atomic mass is 16.7. The van der Waals surface area contributed by atoms with Crippen LogP contribution in [0.1, 0.15) is 129 Å². The lowest BCUT2D eigenvalue weighted by molar-refractivity contribution is -0.335. The van der Waals surface area contributed by atoms with Crippen LogP contribution in [0.3, 0.4) is 0 Å². The maximum Gasteiger partial charge on any atom is 0.344 e. The van der Waals surface area contributed by atoms with Crippen LogP contribution in [0.5, 0.6) is 5.75 Å². The van der Waals surface area contributed by atoms with Crippen molar-refractivity contribution in [3.05, 3.63) is 281 Å². The fourth-order valence-corrected chi connectivity index (χ4v) is 15.0. The Morgan fingerprint density at radius 1 is 0.434 bits per heavy atom. The van der Waals surface area contributed by atoms with Gasteiger partial charge < -0.3 is 56.8 Å². The number of hydrogen-bond acceptors (Lipinski definition) is 13. The molecule has 0 aromatic heterocycles. The van der Waals surface area contributed by atoms with Crippen molar-refractivity contribution in [3.63, 3.8) is 0 Å². The molecule has 2 heterocycles. The Balaban J connectivity index is 0.866. The monoisotopic (exact) mass is 1340 g/mol. The molecule has 0 radical (unpaired) electrons. The molecule has 0 amide bonds. The van der Waals surface area contributed by atoms with Gasteiger partial charge in [0, 0.05) is 0 Å². The van der Waals surface area contributed by atoms with Crippen LogP contribution in [0, 0.1) is 17.8 Å². The van der Waals surface area contributed by atoms with E-state index in [-0.39, 0.29) is 55.4 Å². The zero-order chi connectivity index (χ0) is 67.8. The van der Waals surface area contributed by atoms with Crippen LogP contribution >= 0.6 is 0 Å². The fourth-order valence-electron chi connectivity index (χ4n) is 15.0. The van der Waals surface area contributed by atoms with Gasteiger partial charge in [-0.15, -0.1) is 0 Å². The Kier molecular flexibility index (Phi) is 27.0. The van der Waals surface area contributed by atoms with Gasteiger partial charge in [0.25, 0.3) is 0 Å². The van der Waals surface area contributed by atoms with Crippen molar-refractivity contribution in [2.24, 2.45) is 17.8 Å². The number of benzene rings is 8. The number of unbranched alkanes of at least 4 members (excludes halogenated alkanes) is 2. The molecule has 3 fully saturated rings. The lowest BCUT2D eigenvalue weighted by Crippen LogP contribution is -2.61. The smallest absolute Gasteiger partial charge is 0.344 e. The summed E-state index contributed by atoms with van der Waals surface area (Å²) in [5, 5.41) is 0. The average molecular weight is 1340 g/mol. The van der Waals surface area contributed by atoms with Crippen molar-refractivity contribution >= 4 is 5.97 Å². The lowest BCUT2D eigenvalue weighted by Gasteiger charge is -2.47. The Labute approximate surface area is 586 Å². The third-order valence-corrected chi connectivity index (χ3v) is 20.2. The molecular formula is C86H100O13. The molecule has 15 atom stereocenters. The molecule has 4 aliphatic rings. The standard InChI is InChI=1S/C86H100O13/c1-4-7-15-46-70(96-85-83(94-58-66-41-26-13-27-42-66)81(92-56-64-37-22-11-23-38-64)79(74(5-2)97-85)90-54-62-33-18-9-19-34-62)48-49-71-72-50-68-45-30-47-76(88-60-78(87)89-53-61-31-16-8-17-32-61)73(68)51-69(72)52-77(71)99-86-84(95-59-67-43-28-14-29-44-67)82(93-57-65-39-24-12-25-40-65)80(75(6-3)98-86)91-55-63-35-20-10-21-36-63/h8-14,16-45,47,69-72,74-75,77,79-86H,4-7,15,46,48-60H2,1-3H3/t69-,70-,71+,72-,74-,75-,77+,79-,80-,81+,82+,83-,84-,85?,86?/m1/s1. The molecule has 0 spiro atoms. The third kappa shape index (κ3) is 20.0. The second kappa shape index (κ2) is 37.3. The Morgan fingerprint density at radius 2 is 0.848 bits per heavy atom. The van der Waals surface area contributed by atoms with Crippen LogP contribution in [-0.4, -0.2) is 86.2 Å². The molecule has 8 aromatic carbocycles. The summed E-state index contributed by atoms with van der Waals surface area (Å²) < 4.78 is 84.9. The second-order valence-electron chi connectivity index (χ2n) is 27.0. The van der Waals surface area contributed by atoms with Gasteiger partial charge >= 0.3 is 5.97 Å². The van der Waals surface area contributed by atoms with Crippen LogP contribution < -0.4 is 4.74 Å². The largest absolute Gasteiger partial charge is 0.482 e. The van der Waals surface area contributed by atoms with Crippen LogP contribution in [0.15, 0.2) is 231 Å². The van der Waals surface area contributed by atoms with E-state index < -0.39 is 55.2 Å². The first kappa shape index (κ1) is 71.5. The van der Waals surface area contributed by atoms with Gasteiger partial charge in [-0.2, -0.15) is 0 Å². The molecule has 99 heavy (non-hydrogen) atoms. The van der Waals surface area contributed by atoms with Gasteiger partial charge in [-0.3, -0.25) is 0 Å². The Hall–Kier alpha value is -7.37. The van der Waals surface area contributed by atoms with Gasteiger partial charge in [0.05, 0.1) is 64.1 Å². The predicted molar refractivity (Wildman–Crippen MR) is 382 cm³/mol. The molecular weight excluding hydrogens is 1240 g/mol. The summed E-state index contributed by atoms with van der Waals surface area (Å²) in [6.07, 6.45) is 2.85. The summed E-state index contributed by atoms with van der Waals surface area (Å²) >= 11 is 0. The van der Waals surface area contributed by atoms with E-state index >= 15 is 0 Å². The van der Waals surface area contributed by atoms with Gasteiger partial charge in [-0.25, -0.2) is 4.79 Å². The minimum absolute atomic E-state index is 0.0608. The molecule has 13 nitrogen and oxygen atoms in total. The molecule has 0 N–H and O–H groups in total. The minimum atomic E-state index is -0.822. The highest BCUT2D eigenvalue weighted by Gasteiger charge is 2.54. The highest BCUT2D eigenvalue weighted by Crippen LogP contribution is 2.51. The number of carbonyl (C=O) groups is 1. The van der Waals surface area contributed by atoms with E-state index in [1.165, 1.54) is 5.56 Å². The van der Waals surface area contributed by atoms with E-state index in [4.69, 9.17) is 56.8 Å². The quantitative estimate of drug-likeness (QED) is 0.0273. The van der Waals surface area contributed by atoms with E-state index in [2.05, 4.69) is 106 Å². The van der Waals surface area contributed by atoms with Crippen molar-refractivity contribution in [1.82, 2.24) is 0 Å². The van der Waals surface area contributed by atoms with Crippen LogP contribution in [-0.2, 0) is 116 Å². The topological polar surface area (TPSA) is 128 Å². The highest BCUT2D eigenvalue weighted by molar-refractivity contribution is 5.71. The molecule has 2 aliphatic heterocycles. The van der Waals surface area contributed by atoms with E-state index in [0.29, 0.717) is 58.2 Å². The molecule has 522 valence electrons. The van der Waals surface area contributed by atoms with E-state index in [0.717, 1.165) is 102 Å². The number of hydrogen-bond donors (Lipinski definition) is 0. The van der Waals surface area contributed by atoms with Gasteiger partial charge in [-0.05, 0) is 125 Å². The third-order valence-electron chi connectivity index (χ3n) is 20.2. The summed E-state index contributed by atoms with van der Waals surface area (Å²) in [5.74, 6) is 0.790. The number of fused-ring (bicyclic) bond motifs is 2. The van der Waals surface area contributed by atoms with Crippen molar-refractivity contribution < 1.29 is 61.6 Å².